The number of nitrogens with zero attached hydrogens (tertiary/aromatic N) is 1. The smallest absolute Gasteiger partial charge is 0.123 e. The molecule has 0 saturated carbocycles. The van der Waals surface area contributed by atoms with Crippen molar-refractivity contribution in [2.45, 2.75) is 32.9 Å². The van der Waals surface area contributed by atoms with Crippen molar-refractivity contribution in [1.29, 1.82) is 0 Å². The maximum atomic E-state index is 13.3. The number of rotatable bonds is 4. The predicted octanol–water partition coefficient (Wildman–Crippen LogP) is 3.30. The van der Waals surface area contributed by atoms with Crippen molar-refractivity contribution in [3.63, 3.8) is 0 Å². The second kappa shape index (κ2) is 6.69. The first-order valence-corrected chi connectivity index (χ1v) is 7.38. The average molecular weight is 285 g/mol. The van der Waals surface area contributed by atoms with E-state index in [1.165, 1.54) is 6.07 Å². The monoisotopic (exact) mass is 284 g/mol. The van der Waals surface area contributed by atoms with Crippen molar-refractivity contribution in [2.75, 3.05) is 19.6 Å². The van der Waals surface area contributed by atoms with Crippen LogP contribution < -0.4 is 5.32 Å². The lowest BCUT2D eigenvalue weighted by Crippen LogP contribution is -2.53. The number of nitrogens with one attached hydrogen (secondary N) is 1. The molecule has 1 saturated heterocycles. The Hall–Kier alpha value is -0.640. The van der Waals surface area contributed by atoms with Crippen LogP contribution in [-0.2, 0) is 6.54 Å². The van der Waals surface area contributed by atoms with Crippen molar-refractivity contribution in [3.05, 3.63) is 34.6 Å². The van der Waals surface area contributed by atoms with Gasteiger partial charge in [-0.2, -0.15) is 0 Å². The molecule has 2 nitrogen and oxygen atoms in total. The molecular weight excluding hydrogens is 263 g/mol. The van der Waals surface area contributed by atoms with E-state index in [1.54, 1.807) is 12.1 Å². The normalized spacial score (nSPS) is 22.4. The second-order valence-electron chi connectivity index (χ2n) is 5.36. The molecule has 0 aliphatic carbocycles. The van der Waals surface area contributed by atoms with Crippen molar-refractivity contribution in [3.8, 4) is 0 Å². The van der Waals surface area contributed by atoms with E-state index in [0.717, 1.165) is 38.2 Å². The summed E-state index contributed by atoms with van der Waals surface area (Å²) >= 11 is 6.17. The fourth-order valence-corrected chi connectivity index (χ4v) is 2.86. The summed E-state index contributed by atoms with van der Waals surface area (Å²) in [7, 11) is 0. The van der Waals surface area contributed by atoms with Gasteiger partial charge in [-0.3, -0.25) is 4.90 Å². The first-order valence-electron chi connectivity index (χ1n) is 7.00. The average Bonchev–Trinajstić information content (AvgIpc) is 2.42. The van der Waals surface area contributed by atoms with Crippen LogP contribution in [0.15, 0.2) is 18.2 Å². The summed E-state index contributed by atoms with van der Waals surface area (Å²) in [6.45, 7) is 8.20. The van der Waals surface area contributed by atoms with E-state index in [4.69, 9.17) is 11.6 Å². The van der Waals surface area contributed by atoms with Gasteiger partial charge in [0.1, 0.15) is 5.82 Å². The van der Waals surface area contributed by atoms with Gasteiger partial charge in [-0.15, -0.1) is 0 Å². The molecule has 1 heterocycles. The van der Waals surface area contributed by atoms with Crippen molar-refractivity contribution in [2.24, 2.45) is 5.92 Å². The zero-order chi connectivity index (χ0) is 13.8. The Balaban J connectivity index is 2.12. The van der Waals surface area contributed by atoms with E-state index in [-0.39, 0.29) is 5.82 Å². The van der Waals surface area contributed by atoms with E-state index < -0.39 is 0 Å². The molecule has 2 rings (SSSR count). The van der Waals surface area contributed by atoms with Gasteiger partial charge in [0.15, 0.2) is 0 Å². The lowest BCUT2D eigenvalue weighted by Gasteiger charge is -2.39. The molecule has 0 bridgehead atoms. The van der Waals surface area contributed by atoms with Gasteiger partial charge in [0.2, 0.25) is 0 Å². The highest BCUT2D eigenvalue weighted by atomic mass is 35.5. The first-order chi connectivity index (χ1) is 9.11. The van der Waals surface area contributed by atoms with Gasteiger partial charge in [-0.1, -0.05) is 31.9 Å². The topological polar surface area (TPSA) is 15.3 Å². The van der Waals surface area contributed by atoms with Crippen LogP contribution in [0.2, 0.25) is 5.02 Å². The van der Waals surface area contributed by atoms with Crippen LogP contribution >= 0.6 is 11.6 Å². The molecule has 19 heavy (non-hydrogen) atoms. The van der Waals surface area contributed by atoms with Gasteiger partial charge in [-0.25, -0.2) is 4.39 Å². The minimum absolute atomic E-state index is 0.213. The SMILES string of the molecule is CCC(C)C1CNCCN1Cc1cc(F)ccc1Cl. The van der Waals surface area contributed by atoms with Gasteiger partial charge >= 0.3 is 0 Å². The van der Waals surface area contributed by atoms with Gasteiger partial charge in [0.05, 0.1) is 0 Å². The van der Waals surface area contributed by atoms with Crippen LogP contribution in [0.5, 0.6) is 0 Å². The molecule has 2 unspecified atom stereocenters. The number of hydrogen-bond acceptors (Lipinski definition) is 2. The Bertz CT molecular complexity index is 425. The van der Waals surface area contributed by atoms with Crippen LogP contribution in [0.4, 0.5) is 4.39 Å². The molecular formula is C15H22ClFN2. The quantitative estimate of drug-likeness (QED) is 0.913. The summed E-state index contributed by atoms with van der Waals surface area (Å²) in [5.74, 6) is 0.412. The van der Waals surface area contributed by atoms with E-state index >= 15 is 0 Å². The van der Waals surface area contributed by atoms with Crippen molar-refractivity contribution in [1.82, 2.24) is 10.2 Å². The summed E-state index contributed by atoms with van der Waals surface area (Å²) in [6.07, 6.45) is 1.15. The van der Waals surface area contributed by atoms with Gasteiger partial charge in [0, 0.05) is 37.2 Å². The van der Waals surface area contributed by atoms with E-state index in [1.807, 2.05) is 0 Å². The second-order valence-corrected chi connectivity index (χ2v) is 5.77. The molecule has 2 atom stereocenters. The minimum Gasteiger partial charge on any atom is -0.314 e. The van der Waals surface area contributed by atoms with E-state index in [2.05, 4.69) is 24.1 Å². The van der Waals surface area contributed by atoms with Crippen LogP contribution in [0, 0.1) is 11.7 Å². The lowest BCUT2D eigenvalue weighted by atomic mass is 9.95. The molecule has 0 amide bonds. The maximum absolute atomic E-state index is 13.3. The molecule has 106 valence electrons. The van der Waals surface area contributed by atoms with E-state index in [0.29, 0.717) is 17.0 Å². The summed E-state index contributed by atoms with van der Waals surface area (Å²) < 4.78 is 13.3. The fraction of sp³-hybridized carbons (Fsp3) is 0.600. The molecule has 1 aliphatic rings. The summed E-state index contributed by atoms with van der Waals surface area (Å²) in [5.41, 5.74) is 0.886. The third-order valence-electron chi connectivity index (χ3n) is 4.08. The van der Waals surface area contributed by atoms with Gasteiger partial charge < -0.3 is 5.32 Å². The van der Waals surface area contributed by atoms with Crippen LogP contribution in [0.1, 0.15) is 25.8 Å². The lowest BCUT2D eigenvalue weighted by molar-refractivity contribution is 0.109. The fourth-order valence-electron chi connectivity index (χ4n) is 2.68. The van der Waals surface area contributed by atoms with Crippen molar-refractivity contribution >= 4 is 11.6 Å². The van der Waals surface area contributed by atoms with Gasteiger partial charge in [0.25, 0.3) is 0 Å². The van der Waals surface area contributed by atoms with Crippen molar-refractivity contribution < 1.29 is 4.39 Å². The Labute approximate surface area is 119 Å². The summed E-state index contributed by atoms with van der Waals surface area (Å²) in [4.78, 5) is 2.42. The van der Waals surface area contributed by atoms with Gasteiger partial charge in [-0.05, 0) is 29.7 Å². The molecule has 1 aromatic rings. The Kier molecular flexibility index (Phi) is 5.20. The first kappa shape index (κ1) is 14.8. The van der Waals surface area contributed by atoms with Crippen LogP contribution in [-0.4, -0.2) is 30.6 Å². The number of piperazine rings is 1. The summed E-state index contributed by atoms with van der Waals surface area (Å²) in [5, 5.41) is 4.10. The molecule has 1 fully saturated rings. The highest BCUT2D eigenvalue weighted by Crippen LogP contribution is 2.23. The number of halogens is 2. The molecule has 1 aliphatic heterocycles. The minimum atomic E-state index is -0.213. The Morgan fingerprint density at radius 2 is 2.32 bits per heavy atom. The highest BCUT2D eigenvalue weighted by molar-refractivity contribution is 6.31. The maximum Gasteiger partial charge on any atom is 0.123 e. The standard InChI is InChI=1S/C15H22ClFN2/c1-3-11(2)15-9-18-6-7-19(15)10-12-8-13(17)4-5-14(12)16/h4-5,8,11,15,18H,3,6-7,9-10H2,1-2H3. The van der Waals surface area contributed by atoms with Crippen LogP contribution in [0.3, 0.4) is 0 Å². The largest absolute Gasteiger partial charge is 0.314 e. The zero-order valence-corrected chi connectivity index (χ0v) is 12.4. The van der Waals surface area contributed by atoms with Crippen LogP contribution in [0.25, 0.3) is 0 Å². The van der Waals surface area contributed by atoms with E-state index in [9.17, 15) is 4.39 Å². The third-order valence-corrected chi connectivity index (χ3v) is 4.45. The molecule has 0 spiro atoms. The Morgan fingerprint density at radius 1 is 1.53 bits per heavy atom. The Morgan fingerprint density at radius 3 is 3.05 bits per heavy atom. The summed E-state index contributed by atoms with van der Waals surface area (Å²) in [6, 6.07) is 5.11. The molecule has 0 aromatic heterocycles. The number of hydrogen-bond donors (Lipinski definition) is 1. The molecule has 1 N–H and O–H groups in total. The molecule has 4 heteroatoms. The number of benzene rings is 1. The molecule has 0 radical (unpaired) electrons. The predicted molar refractivity (Wildman–Crippen MR) is 77.9 cm³/mol. The zero-order valence-electron chi connectivity index (χ0n) is 11.6. The highest BCUT2D eigenvalue weighted by Gasteiger charge is 2.26. The third kappa shape index (κ3) is 3.68. The molecule has 1 aromatic carbocycles.